The van der Waals surface area contributed by atoms with Gasteiger partial charge in [-0.3, -0.25) is 0 Å². The Labute approximate surface area is 91.5 Å². The van der Waals surface area contributed by atoms with Crippen molar-refractivity contribution in [3.63, 3.8) is 0 Å². The fraction of sp³-hybridized carbons (Fsp3) is 0.0909. The number of anilines is 1. The van der Waals surface area contributed by atoms with Crippen LogP contribution < -0.4 is 5.32 Å². The fourth-order valence-corrected chi connectivity index (χ4v) is 1.50. The highest BCUT2D eigenvalue weighted by Gasteiger charge is 1.93. The number of nitrogens with one attached hydrogen (secondary N) is 2. The Bertz CT molecular complexity index is 378. The summed E-state index contributed by atoms with van der Waals surface area (Å²) in [6, 6.07) is 10.2. The van der Waals surface area contributed by atoms with Gasteiger partial charge in [0.2, 0.25) is 0 Å². The van der Waals surface area contributed by atoms with Crippen LogP contribution in [0, 0.1) is 0 Å². The van der Waals surface area contributed by atoms with Crippen LogP contribution in [0.1, 0.15) is 5.56 Å². The maximum absolute atomic E-state index is 3.40. The van der Waals surface area contributed by atoms with Crippen molar-refractivity contribution in [2.75, 3.05) is 5.32 Å². The molecule has 0 amide bonds. The molecule has 72 valence electrons. The van der Waals surface area contributed by atoms with Crippen molar-refractivity contribution in [3.05, 3.63) is 52.8 Å². The number of halogens is 1. The molecule has 0 aliphatic rings. The summed E-state index contributed by atoms with van der Waals surface area (Å²) in [7, 11) is 0. The molecular formula is C11H11BrN2. The van der Waals surface area contributed by atoms with Gasteiger partial charge in [0.05, 0.1) is 0 Å². The third-order valence-corrected chi connectivity index (χ3v) is 2.53. The van der Waals surface area contributed by atoms with Crippen molar-refractivity contribution >= 4 is 21.6 Å². The van der Waals surface area contributed by atoms with Crippen LogP contribution in [0.25, 0.3) is 0 Å². The van der Waals surface area contributed by atoms with E-state index in [4.69, 9.17) is 0 Å². The van der Waals surface area contributed by atoms with Crippen molar-refractivity contribution in [1.82, 2.24) is 4.98 Å². The third-order valence-electron chi connectivity index (χ3n) is 2.00. The van der Waals surface area contributed by atoms with Crippen LogP contribution >= 0.6 is 15.9 Å². The van der Waals surface area contributed by atoms with Crippen LogP contribution in [0.4, 0.5) is 5.69 Å². The van der Waals surface area contributed by atoms with E-state index in [-0.39, 0.29) is 0 Å². The van der Waals surface area contributed by atoms with E-state index in [0.29, 0.717) is 0 Å². The second-order valence-corrected chi connectivity index (χ2v) is 4.00. The number of aromatic nitrogens is 1. The quantitative estimate of drug-likeness (QED) is 0.859. The van der Waals surface area contributed by atoms with Gasteiger partial charge in [-0.15, -0.1) is 0 Å². The molecule has 0 fully saturated rings. The lowest BCUT2D eigenvalue weighted by Crippen LogP contribution is -1.97. The number of aromatic amines is 1. The summed E-state index contributed by atoms with van der Waals surface area (Å²) < 4.78 is 1.10. The highest BCUT2D eigenvalue weighted by Crippen LogP contribution is 2.14. The Morgan fingerprint density at radius 3 is 2.57 bits per heavy atom. The SMILES string of the molecule is Brc1ccc(NCc2cc[nH]c2)cc1. The van der Waals surface area contributed by atoms with Gasteiger partial charge in [0.1, 0.15) is 0 Å². The number of H-pyrrole nitrogens is 1. The molecule has 2 nitrogen and oxygen atoms in total. The van der Waals surface area contributed by atoms with E-state index in [1.54, 1.807) is 0 Å². The maximum atomic E-state index is 3.40. The Hall–Kier alpha value is -1.22. The van der Waals surface area contributed by atoms with Crippen LogP contribution in [-0.2, 0) is 6.54 Å². The van der Waals surface area contributed by atoms with Gasteiger partial charge < -0.3 is 10.3 Å². The molecule has 1 aromatic carbocycles. The minimum absolute atomic E-state index is 0.852. The van der Waals surface area contributed by atoms with E-state index < -0.39 is 0 Å². The van der Waals surface area contributed by atoms with Crippen molar-refractivity contribution in [1.29, 1.82) is 0 Å². The van der Waals surface area contributed by atoms with Gasteiger partial charge in [0, 0.05) is 29.1 Å². The molecule has 14 heavy (non-hydrogen) atoms. The molecule has 2 aromatic rings. The van der Waals surface area contributed by atoms with Gasteiger partial charge in [-0.25, -0.2) is 0 Å². The van der Waals surface area contributed by atoms with E-state index in [2.05, 4.69) is 44.4 Å². The molecule has 0 atom stereocenters. The summed E-state index contributed by atoms with van der Waals surface area (Å²) in [6.45, 7) is 0.852. The Kier molecular flexibility index (Phi) is 2.89. The standard InChI is InChI=1S/C11H11BrN2/c12-10-1-3-11(4-2-10)14-8-9-5-6-13-7-9/h1-7,13-14H,8H2. The molecule has 2 rings (SSSR count). The number of hydrogen-bond donors (Lipinski definition) is 2. The zero-order valence-corrected chi connectivity index (χ0v) is 9.21. The zero-order valence-electron chi connectivity index (χ0n) is 7.63. The number of rotatable bonds is 3. The maximum Gasteiger partial charge on any atom is 0.0415 e. The lowest BCUT2D eigenvalue weighted by atomic mass is 10.3. The lowest BCUT2D eigenvalue weighted by Gasteiger charge is -2.04. The van der Waals surface area contributed by atoms with E-state index in [1.165, 1.54) is 5.56 Å². The topological polar surface area (TPSA) is 27.8 Å². The highest BCUT2D eigenvalue weighted by atomic mass is 79.9. The first kappa shape index (κ1) is 9.34. The summed E-state index contributed by atoms with van der Waals surface area (Å²) in [6.07, 6.45) is 3.92. The summed E-state index contributed by atoms with van der Waals surface area (Å²) in [4.78, 5) is 3.03. The Morgan fingerprint density at radius 2 is 1.93 bits per heavy atom. The van der Waals surface area contributed by atoms with Crippen LogP contribution in [0.2, 0.25) is 0 Å². The molecule has 0 unspecified atom stereocenters. The summed E-state index contributed by atoms with van der Waals surface area (Å²) in [5, 5.41) is 3.33. The van der Waals surface area contributed by atoms with Crippen LogP contribution in [-0.4, -0.2) is 4.98 Å². The van der Waals surface area contributed by atoms with E-state index in [9.17, 15) is 0 Å². The molecule has 0 aliphatic heterocycles. The molecule has 0 saturated heterocycles. The molecule has 0 spiro atoms. The first-order valence-electron chi connectivity index (χ1n) is 4.46. The van der Waals surface area contributed by atoms with Crippen molar-refractivity contribution in [2.45, 2.75) is 6.54 Å². The van der Waals surface area contributed by atoms with Gasteiger partial charge in [-0.2, -0.15) is 0 Å². The van der Waals surface area contributed by atoms with Crippen molar-refractivity contribution < 1.29 is 0 Å². The molecule has 0 radical (unpaired) electrons. The molecule has 3 heteroatoms. The van der Waals surface area contributed by atoms with Gasteiger partial charge >= 0.3 is 0 Å². The molecule has 0 bridgehead atoms. The first-order chi connectivity index (χ1) is 6.84. The Morgan fingerprint density at radius 1 is 1.14 bits per heavy atom. The lowest BCUT2D eigenvalue weighted by molar-refractivity contribution is 1.15. The van der Waals surface area contributed by atoms with Crippen LogP contribution in [0.3, 0.4) is 0 Å². The fourth-order valence-electron chi connectivity index (χ4n) is 1.24. The molecule has 0 saturated carbocycles. The second-order valence-electron chi connectivity index (χ2n) is 3.08. The zero-order chi connectivity index (χ0) is 9.80. The predicted molar refractivity (Wildman–Crippen MR) is 62.3 cm³/mol. The van der Waals surface area contributed by atoms with Crippen molar-refractivity contribution in [2.24, 2.45) is 0 Å². The Balaban J connectivity index is 1.95. The normalized spacial score (nSPS) is 10.1. The van der Waals surface area contributed by atoms with Gasteiger partial charge in [0.25, 0.3) is 0 Å². The van der Waals surface area contributed by atoms with Crippen molar-refractivity contribution in [3.8, 4) is 0 Å². The molecular weight excluding hydrogens is 240 g/mol. The average molecular weight is 251 g/mol. The van der Waals surface area contributed by atoms with Gasteiger partial charge in [-0.1, -0.05) is 15.9 Å². The highest BCUT2D eigenvalue weighted by molar-refractivity contribution is 9.10. The third kappa shape index (κ3) is 2.39. The number of benzene rings is 1. The van der Waals surface area contributed by atoms with E-state index >= 15 is 0 Å². The predicted octanol–water partition coefficient (Wildman–Crippen LogP) is 3.39. The molecule has 1 heterocycles. The van der Waals surface area contributed by atoms with Gasteiger partial charge in [0.15, 0.2) is 0 Å². The average Bonchev–Trinajstić information content (AvgIpc) is 2.70. The second kappa shape index (κ2) is 4.33. The monoisotopic (exact) mass is 250 g/mol. The minimum Gasteiger partial charge on any atom is -0.381 e. The van der Waals surface area contributed by atoms with E-state index in [1.807, 2.05) is 24.5 Å². The summed E-state index contributed by atoms with van der Waals surface area (Å²) in [5.74, 6) is 0. The van der Waals surface area contributed by atoms with Gasteiger partial charge in [-0.05, 0) is 35.9 Å². The van der Waals surface area contributed by atoms with E-state index in [0.717, 1.165) is 16.7 Å². The van der Waals surface area contributed by atoms with Crippen LogP contribution in [0.5, 0.6) is 0 Å². The molecule has 2 N–H and O–H groups in total. The number of hydrogen-bond acceptors (Lipinski definition) is 1. The molecule has 0 aliphatic carbocycles. The summed E-state index contributed by atoms with van der Waals surface area (Å²) in [5.41, 5.74) is 2.39. The minimum atomic E-state index is 0.852. The molecule has 1 aromatic heterocycles. The first-order valence-corrected chi connectivity index (χ1v) is 5.25. The largest absolute Gasteiger partial charge is 0.381 e. The summed E-state index contributed by atoms with van der Waals surface area (Å²) >= 11 is 3.40. The smallest absolute Gasteiger partial charge is 0.0415 e. The van der Waals surface area contributed by atoms with Crippen LogP contribution in [0.15, 0.2) is 47.2 Å².